The van der Waals surface area contributed by atoms with Gasteiger partial charge in [-0.2, -0.15) is 0 Å². The normalized spacial score (nSPS) is 27.2. The van der Waals surface area contributed by atoms with Gasteiger partial charge >= 0.3 is 5.97 Å². The quantitative estimate of drug-likeness (QED) is 0.350. The molecule has 0 amide bonds. The highest BCUT2D eigenvalue weighted by atomic mass is 16.7. The number of carbonyl (C=O) groups excluding carboxylic acids is 1. The van der Waals surface area contributed by atoms with E-state index in [0.29, 0.717) is 23.5 Å². The maximum Gasteiger partial charge on any atom is 0.341 e. The summed E-state index contributed by atoms with van der Waals surface area (Å²) in [5.41, 5.74) is 7.97. The molecule has 4 atom stereocenters. The lowest BCUT2D eigenvalue weighted by atomic mass is 9.89. The lowest BCUT2D eigenvalue weighted by Gasteiger charge is -2.39. The Morgan fingerprint density at radius 1 is 1.24 bits per heavy atom. The van der Waals surface area contributed by atoms with Gasteiger partial charge < -0.3 is 29.5 Å². The van der Waals surface area contributed by atoms with Gasteiger partial charge in [0.25, 0.3) is 0 Å². The summed E-state index contributed by atoms with van der Waals surface area (Å²) >= 11 is 0. The summed E-state index contributed by atoms with van der Waals surface area (Å²) in [5, 5.41) is 14.3. The minimum atomic E-state index is -1.09. The molecule has 38 heavy (non-hydrogen) atoms. The molecule has 9 heteroatoms. The van der Waals surface area contributed by atoms with E-state index in [-0.39, 0.29) is 40.8 Å². The van der Waals surface area contributed by atoms with Crippen molar-refractivity contribution in [2.24, 2.45) is 5.73 Å². The summed E-state index contributed by atoms with van der Waals surface area (Å²) in [6.45, 7) is 7.86. The smallest absolute Gasteiger partial charge is 0.341 e. The first-order chi connectivity index (χ1) is 18.0. The number of aryl methyl sites for hydroxylation is 1. The first kappa shape index (κ1) is 24.9. The van der Waals surface area contributed by atoms with Gasteiger partial charge in [-0.3, -0.25) is 10.1 Å². The van der Waals surface area contributed by atoms with Gasteiger partial charge in [-0.15, -0.1) is 0 Å². The molecule has 9 nitrogen and oxygen atoms in total. The lowest BCUT2D eigenvalue weighted by Crippen LogP contribution is -2.50. The Labute approximate surface area is 219 Å². The van der Waals surface area contributed by atoms with Gasteiger partial charge in [0.1, 0.15) is 46.0 Å². The molecule has 0 unspecified atom stereocenters. The molecule has 0 radical (unpaired) electrons. The number of carbonyl (C=O) groups is 1. The van der Waals surface area contributed by atoms with Gasteiger partial charge in [0.2, 0.25) is 0 Å². The Morgan fingerprint density at radius 3 is 2.82 bits per heavy atom. The number of epoxide rings is 1. The third kappa shape index (κ3) is 3.97. The molecule has 0 saturated carbocycles. The lowest BCUT2D eigenvalue weighted by molar-refractivity contribution is -0.166. The van der Waals surface area contributed by atoms with Crippen LogP contribution in [0.5, 0.6) is 11.5 Å². The van der Waals surface area contributed by atoms with Crippen LogP contribution in [0.15, 0.2) is 39.5 Å². The largest absolute Gasteiger partial charge is 0.507 e. The average Bonchev–Trinajstić information content (AvgIpc) is 3.50. The maximum absolute atomic E-state index is 13.4. The molecule has 3 aliphatic heterocycles. The van der Waals surface area contributed by atoms with E-state index in [1.54, 1.807) is 19.9 Å². The van der Waals surface area contributed by atoms with Crippen molar-refractivity contribution in [2.45, 2.75) is 76.5 Å². The number of aromatic hydroxyl groups is 1. The van der Waals surface area contributed by atoms with E-state index in [4.69, 9.17) is 24.4 Å². The number of nitrogens with two attached hydrogens (primary N) is 1. The number of nitrogens with one attached hydrogen (secondary N) is 1. The zero-order valence-electron chi connectivity index (χ0n) is 21.9. The van der Waals surface area contributed by atoms with Crippen molar-refractivity contribution in [1.29, 1.82) is 0 Å². The van der Waals surface area contributed by atoms with Crippen molar-refractivity contribution >= 4 is 16.9 Å². The minimum Gasteiger partial charge on any atom is -0.507 e. The van der Waals surface area contributed by atoms with Crippen LogP contribution in [0.2, 0.25) is 0 Å². The van der Waals surface area contributed by atoms with E-state index >= 15 is 0 Å². The second-order valence-electron chi connectivity index (χ2n) is 11.2. The van der Waals surface area contributed by atoms with Gasteiger partial charge in [0, 0.05) is 37.1 Å². The fraction of sp³-hybridized carbons (Fsp3) is 0.448. The van der Waals surface area contributed by atoms with Crippen LogP contribution in [-0.4, -0.2) is 41.0 Å². The van der Waals surface area contributed by atoms with E-state index in [0.717, 1.165) is 24.1 Å². The third-order valence-electron chi connectivity index (χ3n) is 8.11. The van der Waals surface area contributed by atoms with Gasteiger partial charge in [-0.1, -0.05) is 18.2 Å². The fourth-order valence-corrected chi connectivity index (χ4v) is 5.72. The van der Waals surface area contributed by atoms with Crippen LogP contribution in [0.25, 0.3) is 11.0 Å². The number of ether oxygens (including phenoxy) is 3. The van der Waals surface area contributed by atoms with Gasteiger partial charge in [-0.25, -0.2) is 4.79 Å². The van der Waals surface area contributed by atoms with Crippen LogP contribution in [0.1, 0.15) is 55.0 Å². The Balaban J connectivity index is 1.22. The first-order valence-corrected chi connectivity index (χ1v) is 12.9. The predicted octanol–water partition coefficient (Wildman–Crippen LogP) is 2.94. The molecule has 6 rings (SSSR count). The molecule has 0 bridgehead atoms. The van der Waals surface area contributed by atoms with Crippen LogP contribution in [0.3, 0.4) is 0 Å². The number of fused-ring (bicyclic) bond motifs is 3. The van der Waals surface area contributed by atoms with Crippen LogP contribution in [0.4, 0.5) is 0 Å². The molecule has 1 aromatic heterocycles. The van der Waals surface area contributed by atoms with Gasteiger partial charge in [-0.05, 0) is 50.8 Å². The summed E-state index contributed by atoms with van der Waals surface area (Å²) < 4.78 is 23.7. The highest BCUT2D eigenvalue weighted by Gasteiger charge is 2.61. The monoisotopic (exact) mass is 520 g/mol. The number of hydrogen-bond acceptors (Lipinski definition) is 9. The Kier molecular flexibility index (Phi) is 5.61. The third-order valence-corrected chi connectivity index (χ3v) is 8.11. The number of benzene rings is 2. The number of phenols is 1. The van der Waals surface area contributed by atoms with Crippen molar-refractivity contribution in [3.05, 3.63) is 68.6 Å². The molecule has 3 aliphatic rings. The first-order valence-electron chi connectivity index (χ1n) is 12.9. The highest BCUT2D eigenvalue weighted by molar-refractivity contribution is 5.87. The van der Waals surface area contributed by atoms with E-state index in [9.17, 15) is 14.7 Å². The second-order valence-corrected chi connectivity index (χ2v) is 11.2. The summed E-state index contributed by atoms with van der Waals surface area (Å²) in [6, 6.07) is 9.02. The summed E-state index contributed by atoms with van der Waals surface area (Å²) in [4.78, 5) is 25.9. The van der Waals surface area contributed by atoms with Crippen LogP contribution in [-0.2, 0) is 33.5 Å². The van der Waals surface area contributed by atoms with Crippen LogP contribution >= 0.6 is 0 Å². The molecule has 3 aromatic rings. The van der Waals surface area contributed by atoms with E-state index in [1.807, 2.05) is 26.0 Å². The number of esters is 1. The average molecular weight is 521 g/mol. The zero-order valence-corrected chi connectivity index (χ0v) is 21.9. The molecule has 1 fully saturated rings. The van der Waals surface area contributed by atoms with Gasteiger partial charge in [0.05, 0.1) is 6.17 Å². The molecule has 1 saturated heterocycles. The van der Waals surface area contributed by atoms with Crippen molar-refractivity contribution in [2.75, 3.05) is 6.54 Å². The number of phenolic OH excluding ortho intramolecular Hbond substituents is 1. The van der Waals surface area contributed by atoms with E-state index < -0.39 is 23.3 Å². The minimum absolute atomic E-state index is 0.0846. The standard InChI is InChI=1S/C29H32N2O7/c1-14-10-19(32)24-21(35-14)13-20-18(25(24)33)12-22(28(2,3)37-20)36-27(34)29(4)23(38-29)11-15-6-5-7-17-16(15)8-9-31-26(17)30/h5-7,10,13,22-23,26,31,33H,8-9,11-12,30H2,1-4H3/t22-,23-,26-,29+/m1/s1. The molecule has 4 N–H and O–H groups in total. The highest BCUT2D eigenvalue weighted by Crippen LogP contribution is 2.45. The van der Waals surface area contributed by atoms with Crippen LogP contribution in [0, 0.1) is 6.92 Å². The molecule has 0 aliphatic carbocycles. The fourth-order valence-electron chi connectivity index (χ4n) is 5.72. The van der Waals surface area contributed by atoms with Gasteiger partial charge in [0.15, 0.2) is 11.0 Å². The molecular weight excluding hydrogens is 488 g/mol. The molecule has 2 aromatic carbocycles. The predicted molar refractivity (Wildman–Crippen MR) is 139 cm³/mol. The number of rotatable bonds is 4. The molecular formula is C29H32N2O7. The topological polar surface area (TPSA) is 137 Å². The van der Waals surface area contributed by atoms with E-state index in [2.05, 4.69) is 11.4 Å². The Hall–Kier alpha value is -3.40. The molecule has 200 valence electrons. The molecule has 4 heterocycles. The maximum atomic E-state index is 13.4. The van der Waals surface area contributed by atoms with Crippen LogP contribution < -0.4 is 21.2 Å². The van der Waals surface area contributed by atoms with Crippen molar-refractivity contribution in [3.63, 3.8) is 0 Å². The summed E-state index contributed by atoms with van der Waals surface area (Å²) in [6.07, 6.45) is 0.403. The second kappa shape index (κ2) is 8.56. The summed E-state index contributed by atoms with van der Waals surface area (Å²) in [7, 11) is 0. The van der Waals surface area contributed by atoms with Crippen molar-refractivity contribution < 1.29 is 28.5 Å². The summed E-state index contributed by atoms with van der Waals surface area (Å²) in [5.74, 6) is 0.142. The van der Waals surface area contributed by atoms with Crippen molar-refractivity contribution in [1.82, 2.24) is 5.32 Å². The zero-order chi connectivity index (χ0) is 27.0. The Bertz CT molecular complexity index is 1530. The van der Waals surface area contributed by atoms with Crippen molar-refractivity contribution in [3.8, 4) is 11.5 Å². The number of hydrogen-bond donors (Lipinski definition) is 3. The molecule has 0 spiro atoms. The van der Waals surface area contributed by atoms with E-state index in [1.165, 1.54) is 11.6 Å². The Morgan fingerprint density at radius 2 is 2.03 bits per heavy atom. The SMILES string of the molecule is Cc1cc(=O)c2c(O)c3c(cc2o1)OC(C)(C)[C@H](OC(=O)[C@@]1(C)O[C@@H]1Cc1cccc2c1CCN[C@H]2N)C3.